The number of aromatic nitrogens is 5. The van der Waals surface area contributed by atoms with Gasteiger partial charge in [0, 0.05) is 28.6 Å². The highest BCUT2D eigenvalue weighted by Crippen LogP contribution is 2.34. The van der Waals surface area contributed by atoms with E-state index in [4.69, 9.17) is 10.00 Å². The number of rotatable bonds is 6. The zero-order chi connectivity index (χ0) is 24.2. The van der Waals surface area contributed by atoms with Gasteiger partial charge < -0.3 is 4.74 Å². The third kappa shape index (κ3) is 4.63. The highest BCUT2D eigenvalue weighted by molar-refractivity contribution is 5.80. The van der Waals surface area contributed by atoms with Crippen LogP contribution in [0.3, 0.4) is 0 Å². The number of pyridine rings is 1. The van der Waals surface area contributed by atoms with Gasteiger partial charge in [-0.05, 0) is 53.4 Å². The van der Waals surface area contributed by atoms with Gasteiger partial charge in [-0.1, -0.05) is 60.7 Å². The lowest BCUT2D eigenvalue weighted by Crippen LogP contribution is -2.01. The van der Waals surface area contributed by atoms with Crippen molar-refractivity contribution in [3.63, 3.8) is 0 Å². The smallest absolute Gasteiger partial charge is 0.205 e. The lowest BCUT2D eigenvalue weighted by molar-refractivity contribution is 0.307. The van der Waals surface area contributed by atoms with Crippen molar-refractivity contribution in [2.75, 3.05) is 0 Å². The Hall–Kier alpha value is -4.83. The second-order valence-corrected chi connectivity index (χ2v) is 8.18. The van der Waals surface area contributed by atoms with Gasteiger partial charge in [0.05, 0.1) is 11.6 Å². The van der Waals surface area contributed by atoms with Crippen LogP contribution in [0.15, 0.2) is 78.9 Å². The monoisotopic (exact) mass is 458 g/mol. The summed E-state index contributed by atoms with van der Waals surface area (Å²) in [5.74, 6) is 1.33. The molecule has 2 heterocycles. The molecule has 0 radical (unpaired) electrons. The normalized spacial score (nSPS) is 10.7. The molecule has 0 unspecified atom stereocenters. The highest BCUT2D eigenvalue weighted by atomic mass is 16.5. The van der Waals surface area contributed by atoms with Crippen molar-refractivity contribution in [3.05, 3.63) is 101 Å². The first-order chi connectivity index (χ1) is 17.1. The molecule has 5 aromatic rings. The molecule has 0 aliphatic rings. The SMILES string of the molecule is Cc1cc(OCc2ccc(-c3ccccc3-c3nn[nH]n3)cc2)c(-c2ccc(C#N)cc2)c(C)n1. The molecule has 7 nitrogen and oxygen atoms in total. The van der Waals surface area contributed by atoms with Crippen molar-refractivity contribution in [1.82, 2.24) is 25.6 Å². The van der Waals surface area contributed by atoms with Crippen molar-refractivity contribution in [1.29, 1.82) is 5.26 Å². The lowest BCUT2D eigenvalue weighted by atomic mass is 9.98. The number of H-pyrrole nitrogens is 1. The molecule has 5 rings (SSSR count). The largest absolute Gasteiger partial charge is 0.488 e. The molecule has 35 heavy (non-hydrogen) atoms. The second-order valence-electron chi connectivity index (χ2n) is 8.18. The highest BCUT2D eigenvalue weighted by Gasteiger charge is 2.14. The van der Waals surface area contributed by atoms with Crippen LogP contribution in [0.4, 0.5) is 0 Å². The number of tetrazole rings is 1. The van der Waals surface area contributed by atoms with Crippen molar-refractivity contribution < 1.29 is 4.74 Å². The fourth-order valence-electron chi connectivity index (χ4n) is 4.12. The van der Waals surface area contributed by atoms with Crippen LogP contribution in [-0.4, -0.2) is 25.6 Å². The quantitative estimate of drug-likeness (QED) is 0.352. The van der Waals surface area contributed by atoms with Crippen molar-refractivity contribution >= 4 is 0 Å². The molecule has 1 N–H and O–H groups in total. The summed E-state index contributed by atoms with van der Waals surface area (Å²) in [5.41, 5.74) is 8.36. The number of nitrogens with zero attached hydrogens (tertiary/aromatic N) is 5. The Balaban J connectivity index is 1.39. The Morgan fingerprint density at radius 3 is 2.29 bits per heavy atom. The predicted molar refractivity (Wildman–Crippen MR) is 133 cm³/mol. The Kier molecular flexibility index (Phi) is 6.01. The number of aromatic amines is 1. The van der Waals surface area contributed by atoms with Gasteiger partial charge in [0.1, 0.15) is 12.4 Å². The molecule has 2 aromatic heterocycles. The minimum atomic E-state index is 0.416. The number of benzene rings is 3. The fraction of sp³-hybridized carbons (Fsp3) is 0.107. The van der Waals surface area contributed by atoms with E-state index in [9.17, 15) is 0 Å². The van der Waals surface area contributed by atoms with Gasteiger partial charge in [-0.15, -0.1) is 10.2 Å². The van der Waals surface area contributed by atoms with E-state index >= 15 is 0 Å². The van der Waals surface area contributed by atoms with E-state index in [-0.39, 0.29) is 0 Å². The number of nitriles is 1. The average Bonchev–Trinajstić information content (AvgIpc) is 3.43. The third-order valence-corrected chi connectivity index (χ3v) is 5.77. The van der Waals surface area contributed by atoms with E-state index in [2.05, 4.69) is 55.9 Å². The van der Waals surface area contributed by atoms with Gasteiger partial charge in [0.15, 0.2) is 0 Å². The van der Waals surface area contributed by atoms with Crippen LogP contribution in [0.1, 0.15) is 22.5 Å². The van der Waals surface area contributed by atoms with E-state index in [1.54, 1.807) is 0 Å². The molecule has 0 bridgehead atoms. The summed E-state index contributed by atoms with van der Waals surface area (Å²) < 4.78 is 6.29. The summed E-state index contributed by atoms with van der Waals surface area (Å²) in [7, 11) is 0. The van der Waals surface area contributed by atoms with E-state index in [1.807, 2.05) is 68.4 Å². The maximum atomic E-state index is 9.11. The van der Waals surface area contributed by atoms with Crippen molar-refractivity contribution in [2.24, 2.45) is 0 Å². The Morgan fingerprint density at radius 1 is 0.886 bits per heavy atom. The van der Waals surface area contributed by atoms with Gasteiger partial charge >= 0.3 is 0 Å². The zero-order valence-electron chi connectivity index (χ0n) is 19.4. The molecule has 170 valence electrons. The topological polar surface area (TPSA) is 100 Å². The van der Waals surface area contributed by atoms with Gasteiger partial charge in [-0.2, -0.15) is 10.5 Å². The number of nitrogens with one attached hydrogen (secondary N) is 1. The fourth-order valence-corrected chi connectivity index (χ4v) is 4.12. The molecule has 0 saturated heterocycles. The third-order valence-electron chi connectivity index (χ3n) is 5.77. The second kappa shape index (κ2) is 9.57. The van der Waals surface area contributed by atoms with Crippen LogP contribution in [-0.2, 0) is 6.61 Å². The number of hydrogen-bond donors (Lipinski definition) is 1. The Labute approximate surface area is 203 Å². The van der Waals surface area contributed by atoms with Crippen LogP contribution in [0.5, 0.6) is 5.75 Å². The van der Waals surface area contributed by atoms with Gasteiger partial charge in [0.2, 0.25) is 5.82 Å². The lowest BCUT2D eigenvalue weighted by Gasteiger charge is -2.15. The van der Waals surface area contributed by atoms with Gasteiger partial charge in [-0.3, -0.25) is 4.98 Å². The van der Waals surface area contributed by atoms with Crippen LogP contribution in [0, 0.1) is 25.2 Å². The maximum absolute atomic E-state index is 9.11. The van der Waals surface area contributed by atoms with E-state index < -0.39 is 0 Å². The first-order valence-corrected chi connectivity index (χ1v) is 11.2. The zero-order valence-corrected chi connectivity index (χ0v) is 19.4. The molecule has 0 aliphatic carbocycles. The maximum Gasteiger partial charge on any atom is 0.205 e. The summed E-state index contributed by atoms with van der Waals surface area (Å²) >= 11 is 0. The number of hydrogen-bond acceptors (Lipinski definition) is 6. The average molecular weight is 459 g/mol. The summed E-state index contributed by atoms with van der Waals surface area (Å²) in [6.07, 6.45) is 0. The summed E-state index contributed by atoms with van der Waals surface area (Å²) in [6, 6.07) is 27.8. The van der Waals surface area contributed by atoms with Crippen LogP contribution < -0.4 is 4.74 Å². The first kappa shape index (κ1) is 22.0. The minimum Gasteiger partial charge on any atom is -0.488 e. The number of ether oxygens (including phenoxy) is 1. The molecule has 0 spiro atoms. The summed E-state index contributed by atoms with van der Waals surface area (Å²) in [6.45, 7) is 4.35. The van der Waals surface area contributed by atoms with Gasteiger partial charge in [0.25, 0.3) is 0 Å². The molecule has 0 atom stereocenters. The molecular formula is C28H22N6O. The summed E-state index contributed by atoms with van der Waals surface area (Å²) in [4.78, 5) is 4.62. The van der Waals surface area contributed by atoms with E-state index in [1.165, 1.54) is 0 Å². The van der Waals surface area contributed by atoms with Crippen molar-refractivity contribution in [3.8, 4) is 45.5 Å². The molecule has 3 aromatic carbocycles. The molecule has 7 heteroatoms. The first-order valence-electron chi connectivity index (χ1n) is 11.2. The van der Waals surface area contributed by atoms with Crippen LogP contribution >= 0.6 is 0 Å². The Morgan fingerprint density at radius 2 is 1.60 bits per heavy atom. The molecule has 0 saturated carbocycles. The van der Waals surface area contributed by atoms with Crippen molar-refractivity contribution in [2.45, 2.75) is 20.5 Å². The number of aryl methyl sites for hydroxylation is 2. The molecular weight excluding hydrogens is 436 g/mol. The summed E-state index contributed by atoms with van der Waals surface area (Å²) in [5, 5.41) is 23.5. The molecule has 0 aliphatic heterocycles. The minimum absolute atomic E-state index is 0.416. The molecule has 0 fully saturated rings. The molecule has 0 amide bonds. The Bertz CT molecular complexity index is 1500. The van der Waals surface area contributed by atoms with E-state index in [0.717, 1.165) is 50.5 Å². The van der Waals surface area contributed by atoms with E-state index in [0.29, 0.717) is 18.0 Å². The van der Waals surface area contributed by atoms with Crippen LogP contribution in [0.25, 0.3) is 33.6 Å². The predicted octanol–water partition coefficient (Wildman–Crippen LogP) is 5.66. The standard InChI is InChI=1S/C28H22N6O/c1-18-15-26(27(19(2)30-18)23-13-7-20(16-29)8-14-23)35-17-21-9-11-22(12-10-21)24-5-3-4-6-25(24)28-31-33-34-32-28/h3-15H,17H2,1-2H3,(H,31,32,33,34). The van der Waals surface area contributed by atoms with Gasteiger partial charge in [-0.25, -0.2) is 0 Å². The van der Waals surface area contributed by atoms with Crippen LogP contribution in [0.2, 0.25) is 0 Å².